The zero-order chi connectivity index (χ0) is 9.52. The molecule has 13 heavy (non-hydrogen) atoms. The molecule has 1 N–H and O–H groups in total. The Morgan fingerprint density at radius 3 is 2.85 bits per heavy atom. The minimum atomic E-state index is 0.0138. The largest absolute Gasteiger partial charge is 0.356 e. The molecule has 1 aromatic heterocycles. The number of nitrogens with one attached hydrogen (secondary N) is 1. The molecule has 0 spiro atoms. The molecule has 1 rings (SSSR count). The molecule has 0 radical (unpaired) electrons. The second-order valence-corrected chi connectivity index (χ2v) is 3.22. The third kappa shape index (κ3) is 3.89. The minimum absolute atomic E-state index is 0.0138. The summed E-state index contributed by atoms with van der Waals surface area (Å²) in [5, 5.41) is 3.33. The predicted octanol–water partition coefficient (Wildman–Crippen LogP) is 0.705. The molecule has 0 saturated carbocycles. The van der Waals surface area contributed by atoms with Gasteiger partial charge < -0.3 is 5.32 Å². The van der Waals surface area contributed by atoms with Gasteiger partial charge in [-0.3, -0.25) is 4.79 Å². The van der Waals surface area contributed by atoms with Gasteiger partial charge in [0.05, 0.1) is 5.75 Å². The van der Waals surface area contributed by atoms with Crippen LogP contribution < -0.4 is 5.32 Å². The second kappa shape index (κ2) is 5.53. The van der Waals surface area contributed by atoms with Crippen LogP contribution in [0.15, 0.2) is 23.6 Å². The van der Waals surface area contributed by atoms with Crippen molar-refractivity contribution in [1.82, 2.24) is 15.3 Å². The fraction of sp³-hybridized carbons (Fsp3) is 0.375. The molecular weight excluding hydrogens is 186 g/mol. The summed E-state index contributed by atoms with van der Waals surface area (Å²) in [6, 6.07) is 1.75. The third-order valence-electron chi connectivity index (χ3n) is 1.25. The summed E-state index contributed by atoms with van der Waals surface area (Å²) >= 11 is 1.33. The van der Waals surface area contributed by atoms with Crippen LogP contribution in [0, 0.1) is 0 Å². The van der Waals surface area contributed by atoms with Crippen molar-refractivity contribution in [3.63, 3.8) is 0 Å². The Balaban J connectivity index is 2.31. The van der Waals surface area contributed by atoms with Crippen LogP contribution in [0.2, 0.25) is 0 Å². The second-order valence-electron chi connectivity index (χ2n) is 2.27. The molecule has 4 nitrogen and oxygen atoms in total. The van der Waals surface area contributed by atoms with Gasteiger partial charge in [0, 0.05) is 18.9 Å². The van der Waals surface area contributed by atoms with Crippen LogP contribution in [-0.4, -0.2) is 28.2 Å². The van der Waals surface area contributed by atoms with E-state index in [1.54, 1.807) is 18.5 Å². The Kier molecular flexibility index (Phi) is 4.25. The van der Waals surface area contributed by atoms with Crippen LogP contribution in [0.3, 0.4) is 0 Å². The number of aromatic nitrogens is 2. The highest BCUT2D eigenvalue weighted by atomic mass is 32.2. The van der Waals surface area contributed by atoms with Crippen molar-refractivity contribution in [2.24, 2.45) is 0 Å². The number of carbonyl (C=O) groups is 1. The SMILES string of the molecule is CCNC(=O)CSc1ncccn1. The van der Waals surface area contributed by atoms with Gasteiger partial charge in [0.1, 0.15) is 0 Å². The van der Waals surface area contributed by atoms with Gasteiger partial charge in [0.2, 0.25) is 5.91 Å². The molecule has 5 heteroatoms. The van der Waals surface area contributed by atoms with Crippen LogP contribution >= 0.6 is 11.8 Å². The first-order chi connectivity index (χ1) is 6.33. The molecule has 0 aromatic carbocycles. The van der Waals surface area contributed by atoms with E-state index in [9.17, 15) is 4.79 Å². The molecule has 0 aliphatic carbocycles. The quantitative estimate of drug-likeness (QED) is 0.570. The Hall–Kier alpha value is -1.10. The summed E-state index contributed by atoms with van der Waals surface area (Å²) in [5.74, 6) is 0.387. The summed E-state index contributed by atoms with van der Waals surface area (Å²) < 4.78 is 0. The molecular formula is C8H11N3OS. The number of amides is 1. The Labute approximate surface area is 81.2 Å². The molecule has 0 fully saturated rings. The van der Waals surface area contributed by atoms with E-state index < -0.39 is 0 Å². The maximum atomic E-state index is 11.0. The third-order valence-corrected chi connectivity index (χ3v) is 2.12. The molecule has 1 amide bonds. The number of nitrogens with zero attached hydrogens (tertiary/aromatic N) is 2. The lowest BCUT2D eigenvalue weighted by molar-refractivity contribution is -0.118. The van der Waals surface area contributed by atoms with Gasteiger partial charge in [-0.15, -0.1) is 0 Å². The van der Waals surface area contributed by atoms with E-state index in [1.165, 1.54) is 11.8 Å². The molecule has 0 aliphatic heterocycles. The monoisotopic (exact) mass is 197 g/mol. The molecule has 1 heterocycles. The van der Waals surface area contributed by atoms with Gasteiger partial charge in [-0.05, 0) is 13.0 Å². The van der Waals surface area contributed by atoms with Gasteiger partial charge in [-0.2, -0.15) is 0 Å². The normalized spacial score (nSPS) is 9.62. The van der Waals surface area contributed by atoms with Crippen LogP contribution in [-0.2, 0) is 4.79 Å². The number of rotatable bonds is 4. The molecule has 0 aliphatic rings. The molecule has 0 atom stereocenters. The average molecular weight is 197 g/mol. The lowest BCUT2D eigenvalue weighted by Gasteiger charge is -1.99. The van der Waals surface area contributed by atoms with Gasteiger partial charge in [-0.1, -0.05) is 11.8 Å². The van der Waals surface area contributed by atoms with Crippen molar-refractivity contribution >= 4 is 17.7 Å². The molecule has 1 aromatic rings. The molecule has 0 saturated heterocycles. The highest BCUT2D eigenvalue weighted by Gasteiger charge is 2.01. The van der Waals surface area contributed by atoms with Crippen LogP contribution in [0.1, 0.15) is 6.92 Å². The first-order valence-electron chi connectivity index (χ1n) is 3.99. The zero-order valence-corrected chi connectivity index (χ0v) is 8.17. The lowest BCUT2D eigenvalue weighted by Crippen LogP contribution is -2.24. The first-order valence-corrected chi connectivity index (χ1v) is 4.98. The van der Waals surface area contributed by atoms with Gasteiger partial charge in [0.15, 0.2) is 5.16 Å². The van der Waals surface area contributed by atoms with Crippen molar-refractivity contribution < 1.29 is 4.79 Å². The fourth-order valence-corrected chi connectivity index (χ4v) is 1.37. The molecule has 0 bridgehead atoms. The summed E-state index contributed by atoms with van der Waals surface area (Å²) in [6.07, 6.45) is 3.32. The number of thioether (sulfide) groups is 1. The minimum Gasteiger partial charge on any atom is -0.356 e. The van der Waals surface area contributed by atoms with Gasteiger partial charge in [0.25, 0.3) is 0 Å². The smallest absolute Gasteiger partial charge is 0.230 e. The maximum Gasteiger partial charge on any atom is 0.230 e. The van der Waals surface area contributed by atoms with E-state index in [4.69, 9.17) is 0 Å². The van der Waals surface area contributed by atoms with Crippen LogP contribution in [0.25, 0.3) is 0 Å². The van der Waals surface area contributed by atoms with E-state index >= 15 is 0 Å². The highest BCUT2D eigenvalue weighted by molar-refractivity contribution is 7.99. The van der Waals surface area contributed by atoms with Gasteiger partial charge >= 0.3 is 0 Å². The molecule has 70 valence electrons. The van der Waals surface area contributed by atoms with Crippen molar-refractivity contribution in [1.29, 1.82) is 0 Å². The Bertz CT molecular complexity index is 265. The average Bonchev–Trinajstić information content (AvgIpc) is 2.17. The number of carbonyl (C=O) groups excluding carboxylic acids is 1. The van der Waals surface area contributed by atoms with Crippen molar-refractivity contribution in [2.75, 3.05) is 12.3 Å². The molecule has 0 unspecified atom stereocenters. The van der Waals surface area contributed by atoms with Gasteiger partial charge in [-0.25, -0.2) is 9.97 Å². The maximum absolute atomic E-state index is 11.0. The van der Waals surface area contributed by atoms with E-state index in [-0.39, 0.29) is 5.91 Å². The predicted molar refractivity (Wildman–Crippen MR) is 51.4 cm³/mol. The number of hydrogen-bond donors (Lipinski definition) is 1. The van der Waals surface area contributed by atoms with E-state index in [2.05, 4.69) is 15.3 Å². The van der Waals surface area contributed by atoms with E-state index in [0.717, 1.165) is 0 Å². The van der Waals surface area contributed by atoms with Crippen LogP contribution in [0.5, 0.6) is 0 Å². The Morgan fingerprint density at radius 1 is 1.54 bits per heavy atom. The standard InChI is InChI=1S/C8H11N3OS/c1-2-9-7(12)6-13-8-10-4-3-5-11-8/h3-5H,2,6H2,1H3,(H,9,12). The summed E-state index contributed by atoms with van der Waals surface area (Å²) in [6.45, 7) is 2.55. The highest BCUT2D eigenvalue weighted by Crippen LogP contribution is 2.09. The topological polar surface area (TPSA) is 54.9 Å². The zero-order valence-electron chi connectivity index (χ0n) is 7.36. The first kappa shape index (κ1) is 9.98. The van der Waals surface area contributed by atoms with E-state index in [1.807, 2.05) is 6.92 Å². The Morgan fingerprint density at radius 2 is 2.23 bits per heavy atom. The number of hydrogen-bond acceptors (Lipinski definition) is 4. The summed E-state index contributed by atoms with van der Waals surface area (Å²) in [7, 11) is 0. The fourth-order valence-electron chi connectivity index (χ4n) is 0.738. The van der Waals surface area contributed by atoms with Crippen molar-refractivity contribution in [2.45, 2.75) is 12.1 Å². The summed E-state index contributed by atoms with van der Waals surface area (Å²) in [5.41, 5.74) is 0. The summed E-state index contributed by atoms with van der Waals surface area (Å²) in [4.78, 5) is 19.0. The lowest BCUT2D eigenvalue weighted by atomic mass is 10.6. The van der Waals surface area contributed by atoms with Crippen LogP contribution in [0.4, 0.5) is 0 Å². The van der Waals surface area contributed by atoms with Crippen molar-refractivity contribution in [3.8, 4) is 0 Å². The van der Waals surface area contributed by atoms with Crippen molar-refractivity contribution in [3.05, 3.63) is 18.5 Å². The van der Waals surface area contributed by atoms with E-state index in [0.29, 0.717) is 17.5 Å².